The minimum atomic E-state index is -1.09. The van der Waals surface area contributed by atoms with E-state index < -0.39 is 24.0 Å². The lowest BCUT2D eigenvalue weighted by Crippen LogP contribution is -2.45. The molecule has 2 unspecified atom stereocenters. The SMILES string of the molecule is Cc1ccc(OC2CC(C(=O)O)N(C(=O)CNC(=O)CCCOc3ccccc3)C2)cc1. The Labute approximate surface area is 187 Å². The molecule has 8 nitrogen and oxygen atoms in total. The van der Waals surface area contributed by atoms with Crippen LogP contribution in [-0.2, 0) is 14.4 Å². The molecule has 2 N–H and O–H groups in total. The van der Waals surface area contributed by atoms with E-state index in [-0.39, 0.29) is 31.8 Å². The maximum atomic E-state index is 12.6. The Morgan fingerprint density at radius 3 is 2.47 bits per heavy atom. The maximum absolute atomic E-state index is 12.6. The molecular formula is C24H28N2O6. The van der Waals surface area contributed by atoms with Gasteiger partial charge in [-0.3, -0.25) is 9.59 Å². The largest absolute Gasteiger partial charge is 0.494 e. The van der Waals surface area contributed by atoms with Crippen molar-refractivity contribution in [2.24, 2.45) is 0 Å². The summed E-state index contributed by atoms with van der Waals surface area (Å²) in [5.74, 6) is -0.447. The zero-order chi connectivity index (χ0) is 22.9. The molecule has 0 aliphatic carbocycles. The van der Waals surface area contributed by atoms with E-state index in [0.29, 0.717) is 18.8 Å². The fourth-order valence-electron chi connectivity index (χ4n) is 3.51. The van der Waals surface area contributed by atoms with Crippen molar-refractivity contribution in [3.05, 3.63) is 60.2 Å². The van der Waals surface area contributed by atoms with Crippen LogP contribution in [0.3, 0.4) is 0 Å². The predicted molar refractivity (Wildman–Crippen MR) is 118 cm³/mol. The Kier molecular flexibility index (Phi) is 8.08. The summed E-state index contributed by atoms with van der Waals surface area (Å²) in [6, 6.07) is 15.8. The quantitative estimate of drug-likeness (QED) is 0.550. The highest BCUT2D eigenvalue weighted by molar-refractivity contribution is 5.88. The summed E-state index contributed by atoms with van der Waals surface area (Å²) in [5, 5.41) is 12.1. The Hall–Kier alpha value is -3.55. The smallest absolute Gasteiger partial charge is 0.326 e. The van der Waals surface area contributed by atoms with Gasteiger partial charge in [0.1, 0.15) is 23.6 Å². The van der Waals surface area contributed by atoms with Crippen molar-refractivity contribution < 1.29 is 29.0 Å². The molecule has 8 heteroatoms. The Balaban J connectivity index is 1.42. The van der Waals surface area contributed by atoms with E-state index in [0.717, 1.165) is 11.3 Å². The third-order valence-corrected chi connectivity index (χ3v) is 5.19. The van der Waals surface area contributed by atoms with Crippen LogP contribution >= 0.6 is 0 Å². The Bertz CT molecular complexity index is 916. The van der Waals surface area contributed by atoms with Gasteiger partial charge in [-0.2, -0.15) is 0 Å². The predicted octanol–water partition coefficient (Wildman–Crippen LogP) is 2.40. The van der Waals surface area contributed by atoms with E-state index >= 15 is 0 Å². The van der Waals surface area contributed by atoms with E-state index in [4.69, 9.17) is 9.47 Å². The van der Waals surface area contributed by atoms with Gasteiger partial charge in [-0.05, 0) is 37.6 Å². The third-order valence-electron chi connectivity index (χ3n) is 5.19. The Morgan fingerprint density at radius 1 is 1.06 bits per heavy atom. The van der Waals surface area contributed by atoms with Gasteiger partial charge in [0.15, 0.2) is 0 Å². The first kappa shape index (κ1) is 23.1. The van der Waals surface area contributed by atoms with Gasteiger partial charge in [0.2, 0.25) is 11.8 Å². The van der Waals surface area contributed by atoms with Crippen LogP contribution in [0.1, 0.15) is 24.8 Å². The van der Waals surface area contributed by atoms with Crippen molar-refractivity contribution >= 4 is 17.8 Å². The van der Waals surface area contributed by atoms with Crippen LogP contribution < -0.4 is 14.8 Å². The molecule has 1 saturated heterocycles. The van der Waals surface area contributed by atoms with Crippen molar-refractivity contribution in [1.29, 1.82) is 0 Å². The molecule has 2 amide bonds. The van der Waals surface area contributed by atoms with Gasteiger partial charge in [-0.15, -0.1) is 0 Å². The van der Waals surface area contributed by atoms with E-state index in [1.165, 1.54) is 4.90 Å². The van der Waals surface area contributed by atoms with E-state index in [9.17, 15) is 19.5 Å². The summed E-state index contributed by atoms with van der Waals surface area (Å²) in [6.07, 6.45) is 0.484. The fraction of sp³-hybridized carbons (Fsp3) is 0.375. The number of para-hydroxylation sites is 1. The summed E-state index contributed by atoms with van der Waals surface area (Å²) in [7, 11) is 0. The molecule has 32 heavy (non-hydrogen) atoms. The lowest BCUT2D eigenvalue weighted by Gasteiger charge is -2.21. The molecule has 170 valence electrons. The summed E-state index contributed by atoms with van der Waals surface area (Å²) in [4.78, 5) is 37.5. The molecule has 1 aliphatic rings. The molecule has 1 fully saturated rings. The molecule has 1 heterocycles. The molecule has 2 aromatic carbocycles. The maximum Gasteiger partial charge on any atom is 0.326 e. The second kappa shape index (κ2) is 11.2. The lowest BCUT2D eigenvalue weighted by atomic mass is 10.2. The van der Waals surface area contributed by atoms with Gasteiger partial charge in [0.25, 0.3) is 0 Å². The first-order valence-electron chi connectivity index (χ1n) is 10.6. The number of likely N-dealkylation sites (tertiary alicyclic amines) is 1. The number of ether oxygens (including phenoxy) is 2. The van der Waals surface area contributed by atoms with Crippen LogP contribution in [0.5, 0.6) is 11.5 Å². The lowest BCUT2D eigenvalue weighted by molar-refractivity contribution is -0.148. The summed E-state index contributed by atoms with van der Waals surface area (Å²) in [5.41, 5.74) is 1.09. The van der Waals surface area contributed by atoms with Crippen LogP contribution in [-0.4, -0.2) is 59.6 Å². The molecule has 2 atom stereocenters. The number of hydrogen-bond donors (Lipinski definition) is 2. The molecule has 0 aromatic heterocycles. The number of rotatable bonds is 10. The van der Waals surface area contributed by atoms with Gasteiger partial charge < -0.3 is 24.8 Å². The van der Waals surface area contributed by atoms with Crippen LogP contribution in [0, 0.1) is 6.92 Å². The molecule has 0 spiro atoms. The summed E-state index contributed by atoms with van der Waals surface area (Å²) < 4.78 is 11.4. The topological polar surface area (TPSA) is 105 Å². The number of nitrogens with zero attached hydrogens (tertiary/aromatic N) is 1. The normalized spacial score (nSPS) is 17.6. The summed E-state index contributed by atoms with van der Waals surface area (Å²) >= 11 is 0. The van der Waals surface area contributed by atoms with Gasteiger partial charge in [0, 0.05) is 12.8 Å². The molecular weight excluding hydrogens is 412 g/mol. The standard InChI is InChI=1S/C24H28N2O6/c1-17-9-11-19(12-10-17)32-20-14-21(24(29)30)26(16-20)23(28)15-25-22(27)8-5-13-31-18-6-3-2-4-7-18/h2-4,6-7,9-12,20-21H,5,8,13-16H2,1H3,(H,25,27)(H,29,30). The van der Waals surface area contributed by atoms with Crippen LogP contribution in [0.15, 0.2) is 54.6 Å². The number of amides is 2. The van der Waals surface area contributed by atoms with Gasteiger partial charge >= 0.3 is 5.97 Å². The number of benzene rings is 2. The van der Waals surface area contributed by atoms with Gasteiger partial charge in [-0.1, -0.05) is 35.9 Å². The molecule has 3 rings (SSSR count). The zero-order valence-electron chi connectivity index (χ0n) is 18.0. The highest BCUT2D eigenvalue weighted by atomic mass is 16.5. The van der Waals surface area contributed by atoms with E-state index in [1.807, 2.05) is 61.5 Å². The third kappa shape index (κ3) is 6.73. The minimum absolute atomic E-state index is 0.157. The first-order valence-corrected chi connectivity index (χ1v) is 10.6. The Morgan fingerprint density at radius 2 is 1.78 bits per heavy atom. The number of aliphatic carboxylic acids is 1. The number of hydrogen-bond acceptors (Lipinski definition) is 5. The zero-order valence-corrected chi connectivity index (χ0v) is 18.0. The monoisotopic (exact) mass is 440 g/mol. The highest BCUT2D eigenvalue weighted by Gasteiger charge is 2.40. The number of carboxylic acids is 1. The van der Waals surface area contributed by atoms with Crippen molar-refractivity contribution in [3.8, 4) is 11.5 Å². The molecule has 1 aliphatic heterocycles. The number of carboxylic acid groups (broad SMARTS) is 1. The minimum Gasteiger partial charge on any atom is -0.494 e. The van der Waals surface area contributed by atoms with Crippen molar-refractivity contribution in [2.75, 3.05) is 19.7 Å². The van der Waals surface area contributed by atoms with Crippen LogP contribution in [0.2, 0.25) is 0 Å². The second-order valence-electron chi connectivity index (χ2n) is 7.73. The highest BCUT2D eigenvalue weighted by Crippen LogP contribution is 2.23. The van der Waals surface area contributed by atoms with Crippen molar-refractivity contribution in [1.82, 2.24) is 10.2 Å². The number of carbonyl (C=O) groups excluding carboxylic acids is 2. The molecule has 0 bridgehead atoms. The van der Waals surface area contributed by atoms with Crippen LogP contribution in [0.25, 0.3) is 0 Å². The summed E-state index contributed by atoms with van der Waals surface area (Å²) in [6.45, 7) is 2.26. The molecule has 0 saturated carbocycles. The van der Waals surface area contributed by atoms with Crippen molar-refractivity contribution in [3.63, 3.8) is 0 Å². The first-order chi connectivity index (χ1) is 15.4. The van der Waals surface area contributed by atoms with Gasteiger partial charge in [0.05, 0.1) is 19.7 Å². The second-order valence-corrected chi connectivity index (χ2v) is 7.73. The van der Waals surface area contributed by atoms with E-state index in [2.05, 4.69) is 5.32 Å². The molecule has 2 aromatic rings. The molecule has 0 radical (unpaired) electrons. The number of aryl methyl sites for hydroxylation is 1. The van der Waals surface area contributed by atoms with Crippen molar-refractivity contribution in [2.45, 2.75) is 38.3 Å². The van der Waals surface area contributed by atoms with Crippen LogP contribution in [0.4, 0.5) is 0 Å². The van der Waals surface area contributed by atoms with Gasteiger partial charge in [-0.25, -0.2) is 4.79 Å². The fourth-order valence-corrected chi connectivity index (χ4v) is 3.51. The van der Waals surface area contributed by atoms with E-state index in [1.54, 1.807) is 0 Å². The number of nitrogens with one attached hydrogen (secondary N) is 1. The average Bonchev–Trinajstić information content (AvgIpc) is 3.22. The average molecular weight is 440 g/mol. The number of carbonyl (C=O) groups is 3.